The first-order valence-corrected chi connectivity index (χ1v) is 9.39. The van der Waals surface area contributed by atoms with Gasteiger partial charge in [-0.25, -0.2) is 0 Å². The monoisotopic (exact) mass is 316 g/mol. The molecule has 122 valence electrons. The van der Waals surface area contributed by atoms with Crippen molar-refractivity contribution < 1.29 is 0 Å². The number of benzene rings is 2. The number of aliphatic imine (C=N–C) groups is 1. The Morgan fingerprint density at radius 1 is 0.750 bits per heavy atom. The summed E-state index contributed by atoms with van der Waals surface area (Å²) in [5.41, 5.74) is 4.08. The third kappa shape index (κ3) is 2.32. The van der Waals surface area contributed by atoms with Crippen LogP contribution in [0.15, 0.2) is 65.7 Å². The second kappa shape index (κ2) is 5.86. The van der Waals surface area contributed by atoms with Gasteiger partial charge in [-0.3, -0.25) is 9.89 Å². The van der Waals surface area contributed by atoms with Crippen molar-refractivity contribution in [2.45, 2.75) is 50.4 Å². The Morgan fingerprint density at radius 2 is 1.42 bits per heavy atom. The Labute approximate surface area is 144 Å². The molecular formula is C22H24N2. The van der Waals surface area contributed by atoms with Crippen molar-refractivity contribution in [1.29, 1.82) is 0 Å². The average molecular weight is 316 g/mol. The summed E-state index contributed by atoms with van der Waals surface area (Å²) in [4.78, 5) is 7.91. The lowest BCUT2D eigenvalue weighted by atomic mass is 9.87. The van der Waals surface area contributed by atoms with Crippen LogP contribution in [-0.2, 0) is 0 Å². The Morgan fingerprint density at radius 3 is 2.12 bits per heavy atom. The molecule has 1 unspecified atom stereocenters. The summed E-state index contributed by atoms with van der Waals surface area (Å²) in [6.07, 6.45) is 7.26. The van der Waals surface area contributed by atoms with E-state index in [9.17, 15) is 0 Å². The van der Waals surface area contributed by atoms with Gasteiger partial charge in [-0.15, -0.1) is 0 Å². The molecule has 0 amide bonds. The molecule has 0 spiro atoms. The fourth-order valence-corrected chi connectivity index (χ4v) is 4.79. The molecule has 0 radical (unpaired) electrons. The maximum absolute atomic E-state index is 5.23. The maximum Gasteiger partial charge on any atom is 0.106 e. The first kappa shape index (κ1) is 14.4. The van der Waals surface area contributed by atoms with Crippen LogP contribution in [0, 0.1) is 5.92 Å². The molecule has 2 fully saturated rings. The Bertz CT molecular complexity index is 731. The van der Waals surface area contributed by atoms with Crippen LogP contribution in [0.25, 0.3) is 0 Å². The zero-order valence-corrected chi connectivity index (χ0v) is 14.0. The van der Waals surface area contributed by atoms with E-state index in [2.05, 4.69) is 65.6 Å². The molecular weight excluding hydrogens is 292 g/mol. The largest absolute Gasteiger partial charge is 0.268 e. The Balaban J connectivity index is 1.50. The van der Waals surface area contributed by atoms with E-state index in [1.54, 1.807) is 0 Å². The molecule has 2 aliphatic heterocycles. The maximum atomic E-state index is 5.23. The highest BCUT2D eigenvalue weighted by Gasteiger charge is 2.60. The lowest BCUT2D eigenvalue weighted by Gasteiger charge is -2.28. The van der Waals surface area contributed by atoms with Gasteiger partial charge in [0, 0.05) is 0 Å². The van der Waals surface area contributed by atoms with E-state index in [0.29, 0.717) is 18.2 Å². The van der Waals surface area contributed by atoms with Crippen molar-refractivity contribution in [3.8, 4) is 0 Å². The van der Waals surface area contributed by atoms with Gasteiger partial charge < -0.3 is 0 Å². The third-order valence-electron chi connectivity index (χ3n) is 5.99. The van der Waals surface area contributed by atoms with Crippen molar-refractivity contribution in [3.63, 3.8) is 0 Å². The summed E-state index contributed by atoms with van der Waals surface area (Å²) < 4.78 is 0. The van der Waals surface area contributed by atoms with Gasteiger partial charge in [0.05, 0.1) is 17.8 Å². The molecule has 2 heterocycles. The van der Waals surface area contributed by atoms with Gasteiger partial charge in [-0.05, 0) is 29.9 Å². The van der Waals surface area contributed by atoms with E-state index in [-0.39, 0.29) is 0 Å². The molecule has 24 heavy (non-hydrogen) atoms. The molecule has 2 nitrogen and oxygen atoms in total. The molecule has 2 heteroatoms. The molecule has 1 aliphatic carbocycles. The predicted molar refractivity (Wildman–Crippen MR) is 98.2 cm³/mol. The van der Waals surface area contributed by atoms with E-state index in [4.69, 9.17) is 4.99 Å². The van der Waals surface area contributed by atoms with E-state index < -0.39 is 0 Å². The quantitative estimate of drug-likeness (QED) is 0.741. The molecule has 0 aromatic heterocycles. The summed E-state index contributed by atoms with van der Waals surface area (Å²) >= 11 is 0. The number of nitrogens with zero attached hydrogens (tertiary/aromatic N) is 2. The fraction of sp³-hybridized carbons (Fsp3) is 0.409. The van der Waals surface area contributed by atoms with Gasteiger partial charge >= 0.3 is 0 Å². The molecule has 1 saturated carbocycles. The molecule has 4 atom stereocenters. The van der Waals surface area contributed by atoms with E-state index in [1.807, 2.05) is 0 Å². The first-order valence-electron chi connectivity index (χ1n) is 9.39. The normalized spacial score (nSPS) is 32.2. The number of rotatable bonds is 3. The highest BCUT2D eigenvalue weighted by atomic mass is 15.5. The van der Waals surface area contributed by atoms with Crippen molar-refractivity contribution in [3.05, 3.63) is 71.8 Å². The van der Waals surface area contributed by atoms with Crippen LogP contribution in [0.1, 0.15) is 49.3 Å². The molecule has 2 aromatic rings. The summed E-state index contributed by atoms with van der Waals surface area (Å²) in [7, 11) is 0. The highest BCUT2D eigenvalue weighted by molar-refractivity contribution is 6.08. The SMILES string of the molecule is c1ccc(C2=N[C@@H](C3CCCCC3)N3[C@H](c4ccccc4)[C@H]23)cc1. The topological polar surface area (TPSA) is 15.4 Å². The van der Waals surface area contributed by atoms with E-state index in [1.165, 1.54) is 48.9 Å². The molecule has 1 saturated heterocycles. The summed E-state index contributed by atoms with van der Waals surface area (Å²) in [5, 5.41) is 0. The van der Waals surface area contributed by atoms with Gasteiger partial charge in [0.1, 0.15) is 6.17 Å². The van der Waals surface area contributed by atoms with Crippen LogP contribution in [0.5, 0.6) is 0 Å². The molecule has 2 aromatic carbocycles. The average Bonchev–Trinajstić information content (AvgIpc) is 3.28. The highest BCUT2D eigenvalue weighted by Crippen LogP contribution is 2.53. The van der Waals surface area contributed by atoms with Crippen molar-refractivity contribution in [2.24, 2.45) is 10.9 Å². The van der Waals surface area contributed by atoms with E-state index in [0.717, 1.165) is 5.92 Å². The zero-order valence-electron chi connectivity index (χ0n) is 14.0. The van der Waals surface area contributed by atoms with Crippen LogP contribution >= 0.6 is 0 Å². The van der Waals surface area contributed by atoms with Crippen molar-refractivity contribution in [1.82, 2.24) is 4.90 Å². The molecule has 0 N–H and O–H groups in total. The minimum Gasteiger partial charge on any atom is -0.268 e. The van der Waals surface area contributed by atoms with Gasteiger partial charge in [-0.2, -0.15) is 0 Å². The minimum absolute atomic E-state index is 0.399. The second-order valence-electron chi connectivity index (χ2n) is 7.44. The standard InChI is InChI=1S/C22H24N2/c1-4-10-16(11-5-1)19-21-20(17-12-6-2-7-13-17)24(21)22(23-19)18-14-8-3-9-15-18/h1-2,4-7,10-13,18,20-22H,3,8-9,14-15H2/t20-,21+,22-,24?/m1/s1. The van der Waals surface area contributed by atoms with Crippen LogP contribution in [0.2, 0.25) is 0 Å². The Hall–Kier alpha value is -1.93. The van der Waals surface area contributed by atoms with Crippen LogP contribution in [-0.4, -0.2) is 22.8 Å². The van der Waals surface area contributed by atoms with E-state index >= 15 is 0 Å². The fourth-order valence-electron chi connectivity index (χ4n) is 4.79. The third-order valence-corrected chi connectivity index (χ3v) is 5.99. The van der Waals surface area contributed by atoms with Gasteiger partial charge in [-0.1, -0.05) is 79.9 Å². The van der Waals surface area contributed by atoms with Crippen molar-refractivity contribution >= 4 is 5.71 Å². The zero-order chi connectivity index (χ0) is 15.9. The summed E-state index contributed by atoms with van der Waals surface area (Å²) in [6.45, 7) is 0. The molecule has 3 aliphatic rings. The first-order chi connectivity index (χ1) is 11.9. The lowest BCUT2D eigenvalue weighted by molar-refractivity contribution is 0.219. The smallest absolute Gasteiger partial charge is 0.106 e. The summed E-state index contributed by atoms with van der Waals surface area (Å²) in [5.74, 6) is 0.746. The number of hydrogen-bond acceptors (Lipinski definition) is 2. The summed E-state index contributed by atoms with van der Waals surface area (Å²) in [6, 6.07) is 22.8. The van der Waals surface area contributed by atoms with Crippen LogP contribution in [0.4, 0.5) is 0 Å². The lowest BCUT2D eigenvalue weighted by Crippen LogP contribution is -2.27. The van der Waals surface area contributed by atoms with Crippen LogP contribution in [0.3, 0.4) is 0 Å². The van der Waals surface area contributed by atoms with Gasteiger partial charge in [0.25, 0.3) is 0 Å². The number of fused-ring (bicyclic) bond motifs is 1. The van der Waals surface area contributed by atoms with Gasteiger partial charge in [0.15, 0.2) is 0 Å². The second-order valence-corrected chi connectivity index (χ2v) is 7.44. The Kier molecular flexibility index (Phi) is 3.52. The van der Waals surface area contributed by atoms with Crippen LogP contribution < -0.4 is 0 Å². The number of hydrogen-bond donors (Lipinski definition) is 0. The van der Waals surface area contributed by atoms with Gasteiger partial charge in [0.2, 0.25) is 0 Å². The minimum atomic E-state index is 0.399. The molecule has 0 bridgehead atoms. The molecule has 5 rings (SSSR count). The predicted octanol–water partition coefficient (Wildman–Crippen LogP) is 4.82. The van der Waals surface area contributed by atoms with Crippen molar-refractivity contribution in [2.75, 3.05) is 0 Å².